The summed E-state index contributed by atoms with van der Waals surface area (Å²) in [6.07, 6.45) is 1.31. The second kappa shape index (κ2) is 7.26. The van der Waals surface area contributed by atoms with E-state index >= 15 is 0 Å². The number of amides is 1. The van der Waals surface area contributed by atoms with Crippen LogP contribution in [0.15, 0.2) is 54.2 Å². The quantitative estimate of drug-likeness (QED) is 0.849. The third-order valence-corrected chi connectivity index (χ3v) is 3.30. The predicted molar refractivity (Wildman–Crippen MR) is 84.6 cm³/mol. The van der Waals surface area contributed by atoms with Gasteiger partial charge < -0.3 is 20.0 Å². The van der Waals surface area contributed by atoms with Crippen LogP contribution in [-0.2, 0) is 4.79 Å². The van der Waals surface area contributed by atoms with Gasteiger partial charge in [-0.2, -0.15) is 0 Å². The second-order valence-corrected chi connectivity index (χ2v) is 4.86. The number of rotatable bonds is 5. The topological polar surface area (TPSA) is 78.5 Å². The monoisotopic (exact) mass is 310 g/mol. The molecule has 0 saturated carbocycles. The number of para-hydroxylation sites is 1. The van der Waals surface area contributed by atoms with Gasteiger partial charge in [0, 0.05) is 11.1 Å². The fraction of sp³-hybridized carbons (Fsp3) is 0.111. The lowest BCUT2D eigenvalue weighted by Gasteiger charge is -2.13. The van der Waals surface area contributed by atoms with E-state index in [1.54, 1.807) is 55.5 Å². The Morgan fingerprint density at radius 2 is 1.74 bits per heavy atom. The van der Waals surface area contributed by atoms with Gasteiger partial charge in [0.05, 0.1) is 18.8 Å². The maximum atomic E-state index is 12.3. The summed E-state index contributed by atoms with van der Waals surface area (Å²) in [6, 6.07) is 13.8. The molecule has 0 bridgehead atoms. The standard InChI is InChI=1S/C18H17NO4/c1-12-7-3-5-9-14(12)17(20)19-15(18(21)22)11-13-8-4-6-10-16(13)23-2/h3-11H,1-2H3,(H,19,20)(H,21,22)/p-1/b15-11-. The van der Waals surface area contributed by atoms with Crippen molar-refractivity contribution >= 4 is 18.0 Å². The van der Waals surface area contributed by atoms with E-state index in [1.165, 1.54) is 13.2 Å². The number of hydrogen-bond donors (Lipinski definition) is 1. The minimum absolute atomic E-state index is 0.331. The van der Waals surface area contributed by atoms with Gasteiger partial charge in [0.1, 0.15) is 5.75 Å². The lowest BCUT2D eigenvalue weighted by molar-refractivity contribution is -0.299. The molecule has 1 N–H and O–H groups in total. The molecule has 2 aromatic rings. The highest BCUT2D eigenvalue weighted by Crippen LogP contribution is 2.20. The fourth-order valence-electron chi connectivity index (χ4n) is 2.10. The third-order valence-electron chi connectivity index (χ3n) is 3.30. The summed E-state index contributed by atoms with van der Waals surface area (Å²) in [6.45, 7) is 1.78. The number of methoxy groups -OCH3 is 1. The molecule has 0 spiro atoms. The zero-order valence-electron chi connectivity index (χ0n) is 12.8. The minimum atomic E-state index is -1.47. The number of ether oxygens (including phenoxy) is 1. The number of hydrogen-bond acceptors (Lipinski definition) is 4. The average Bonchev–Trinajstić information content (AvgIpc) is 2.54. The van der Waals surface area contributed by atoms with Gasteiger partial charge in [-0.1, -0.05) is 36.4 Å². The molecule has 0 aliphatic rings. The molecule has 0 aromatic heterocycles. The molecule has 0 aliphatic carbocycles. The highest BCUT2D eigenvalue weighted by Gasteiger charge is 2.11. The van der Waals surface area contributed by atoms with Crippen LogP contribution in [0.1, 0.15) is 21.5 Å². The second-order valence-electron chi connectivity index (χ2n) is 4.86. The van der Waals surface area contributed by atoms with E-state index in [0.717, 1.165) is 5.56 Å². The number of aliphatic carboxylic acids is 1. The molecule has 0 heterocycles. The highest BCUT2D eigenvalue weighted by atomic mass is 16.5. The van der Waals surface area contributed by atoms with Crippen molar-refractivity contribution in [3.05, 3.63) is 70.9 Å². The van der Waals surface area contributed by atoms with Crippen LogP contribution < -0.4 is 15.2 Å². The normalized spacial score (nSPS) is 11.0. The van der Waals surface area contributed by atoms with Crippen molar-refractivity contribution in [2.45, 2.75) is 6.92 Å². The van der Waals surface area contributed by atoms with Gasteiger partial charge in [-0.3, -0.25) is 4.79 Å². The summed E-state index contributed by atoms with van der Waals surface area (Å²) in [4.78, 5) is 23.6. The Balaban J connectivity index is 2.33. The molecular weight excluding hydrogens is 294 g/mol. The zero-order valence-corrected chi connectivity index (χ0v) is 12.8. The van der Waals surface area contributed by atoms with Crippen LogP contribution in [0.25, 0.3) is 6.08 Å². The van der Waals surface area contributed by atoms with Crippen molar-refractivity contribution in [1.29, 1.82) is 0 Å². The first-order valence-electron chi connectivity index (χ1n) is 6.96. The minimum Gasteiger partial charge on any atom is -0.543 e. The summed E-state index contributed by atoms with van der Waals surface area (Å²) < 4.78 is 5.16. The summed E-state index contributed by atoms with van der Waals surface area (Å²) in [5, 5.41) is 13.7. The largest absolute Gasteiger partial charge is 0.543 e. The first-order valence-corrected chi connectivity index (χ1v) is 6.96. The van der Waals surface area contributed by atoms with E-state index in [0.29, 0.717) is 16.9 Å². The number of carbonyl (C=O) groups excluding carboxylic acids is 2. The molecular formula is C18H16NO4-. The van der Waals surface area contributed by atoms with Crippen molar-refractivity contribution in [3.8, 4) is 5.75 Å². The van der Waals surface area contributed by atoms with E-state index in [-0.39, 0.29) is 5.70 Å². The van der Waals surface area contributed by atoms with Gasteiger partial charge in [0.25, 0.3) is 5.91 Å². The Labute approximate surface area is 134 Å². The lowest BCUT2D eigenvalue weighted by atomic mass is 10.1. The first-order chi connectivity index (χ1) is 11.0. The molecule has 0 aliphatic heterocycles. The Morgan fingerprint density at radius 3 is 2.39 bits per heavy atom. The predicted octanol–water partition coefficient (Wildman–Crippen LogP) is 1.52. The Kier molecular flexibility index (Phi) is 5.15. The number of nitrogens with one attached hydrogen (secondary N) is 1. The van der Waals surface area contributed by atoms with Gasteiger partial charge in [0.15, 0.2) is 0 Å². The fourth-order valence-corrected chi connectivity index (χ4v) is 2.10. The molecule has 0 unspecified atom stereocenters. The van der Waals surface area contributed by atoms with Crippen molar-refractivity contribution in [2.75, 3.05) is 7.11 Å². The molecule has 0 atom stereocenters. The Bertz CT molecular complexity index is 765. The molecule has 5 nitrogen and oxygen atoms in total. The van der Waals surface area contributed by atoms with Gasteiger partial charge in [0.2, 0.25) is 0 Å². The molecule has 23 heavy (non-hydrogen) atoms. The molecule has 0 saturated heterocycles. The maximum Gasteiger partial charge on any atom is 0.255 e. The van der Waals surface area contributed by atoms with Gasteiger partial charge >= 0.3 is 0 Å². The smallest absolute Gasteiger partial charge is 0.255 e. The Hall–Kier alpha value is -3.08. The number of carbonyl (C=O) groups is 2. The Morgan fingerprint density at radius 1 is 1.09 bits per heavy atom. The molecule has 0 radical (unpaired) electrons. The van der Waals surface area contributed by atoms with Crippen LogP contribution in [0, 0.1) is 6.92 Å². The molecule has 1 amide bonds. The third kappa shape index (κ3) is 3.97. The van der Waals surface area contributed by atoms with Crippen LogP contribution in [-0.4, -0.2) is 19.0 Å². The SMILES string of the molecule is COc1ccccc1/C=C(\NC(=O)c1ccccc1C)C(=O)[O-]. The van der Waals surface area contributed by atoms with Gasteiger partial charge in [-0.05, 0) is 30.7 Å². The highest BCUT2D eigenvalue weighted by molar-refractivity contribution is 6.03. The van der Waals surface area contributed by atoms with Crippen LogP contribution in [0.4, 0.5) is 0 Å². The molecule has 118 valence electrons. The molecule has 0 fully saturated rings. The van der Waals surface area contributed by atoms with Crippen molar-refractivity contribution in [2.24, 2.45) is 0 Å². The maximum absolute atomic E-state index is 12.3. The number of carboxylic acid groups (broad SMARTS) is 1. The van der Waals surface area contributed by atoms with Gasteiger partial charge in [-0.25, -0.2) is 0 Å². The lowest BCUT2D eigenvalue weighted by Crippen LogP contribution is -2.35. The average molecular weight is 310 g/mol. The molecule has 2 aromatic carbocycles. The summed E-state index contributed by atoms with van der Waals surface area (Å²) in [7, 11) is 1.48. The van der Waals surface area contributed by atoms with Gasteiger partial charge in [-0.15, -0.1) is 0 Å². The molecule has 2 rings (SSSR count). The summed E-state index contributed by atoms with van der Waals surface area (Å²) in [5.74, 6) is -1.48. The zero-order chi connectivity index (χ0) is 16.8. The van der Waals surface area contributed by atoms with Crippen molar-refractivity contribution < 1.29 is 19.4 Å². The van der Waals surface area contributed by atoms with E-state index in [1.807, 2.05) is 0 Å². The number of benzene rings is 2. The van der Waals surface area contributed by atoms with Crippen LogP contribution in [0.2, 0.25) is 0 Å². The number of carboxylic acids is 1. The van der Waals surface area contributed by atoms with Crippen LogP contribution in [0.3, 0.4) is 0 Å². The van der Waals surface area contributed by atoms with E-state index < -0.39 is 11.9 Å². The first kappa shape index (κ1) is 16.3. The molecule has 5 heteroatoms. The van der Waals surface area contributed by atoms with Crippen LogP contribution in [0.5, 0.6) is 5.75 Å². The summed E-state index contributed by atoms with van der Waals surface area (Å²) >= 11 is 0. The van der Waals surface area contributed by atoms with E-state index in [9.17, 15) is 14.7 Å². The van der Waals surface area contributed by atoms with E-state index in [2.05, 4.69) is 5.32 Å². The summed E-state index contributed by atoms with van der Waals surface area (Å²) in [5.41, 5.74) is 1.35. The van der Waals surface area contributed by atoms with Crippen molar-refractivity contribution in [3.63, 3.8) is 0 Å². The number of aryl methyl sites for hydroxylation is 1. The van der Waals surface area contributed by atoms with E-state index in [4.69, 9.17) is 4.74 Å². The van der Waals surface area contributed by atoms with Crippen LogP contribution >= 0.6 is 0 Å². The van der Waals surface area contributed by atoms with Crippen molar-refractivity contribution in [1.82, 2.24) is 5.32 Å².